The molecule has 0 amide bonds. The molecule has 0 aliphatic rings. The molecule has 0 bridgehead atoms. The van der Waals surface area contributed by atoms with Gasteiger partial charge in [0, 0.05) is 31.4 Å². The molecular weight excluding hydrogens is 286 g/mol. The van der Waals surface area contributed by atoms with Gasteiger partial charge in [-0.2, -0.15) is 0 Å². The van der Waals surface area contributed by atoms with Crippen LogP contribution in [0.5, 0.6) is 0 Å². The van der Waals surface area contributed by atoms with E-state index in [0.717, 1.165) is 18.2 Å². The van der Waals surface area contributed by atoms with Crippen molar-refractivity contribution in [3.05, 3.63) is 35.0 Å². The van der Waals surface area contributed by atoms with Crippen molar-refractivity contribution in [2.45, 2.75) is 20.0 Å². The quantitative estimate of drug-likeness (QED) is 0.716. The number of nitrogens with zero attached hydrogens (tertiary/aromatic N) is 7. The minimum Gasteiger partial charge on any atom is -0.338 e. The second kappa shape index (κ2) is 5.96. The Bertz CT molecular complexity index is 693. The molecular formula is C13H15N7S. The third kappa shape index (κ3) is 2.75. The fourth-order valence-corrected chi connectivity index (χ4v) is 2.63. The molecule has 0 aliphatic heterocycles. The first-order chi connectivity index (χ1) is 10.3. The van der Waals surface area contributed by atoms with Crippen molar-refractivity contribution in [2.75, 3.05) is 11.9 Å². The average molecular weight is 301 g/mol. The predicted octanol–water partition coefficient (Wildman–Crippen LogP) is 1.85. The van der Waals surface area contributed by atoms with E-state index < -0.39 is 0 Å². The Labute approximate surface area is 126 Å². The second-order valence-corrected chi connectivity index (χ2v) is 5.19. The van der Waals surface area contributed by atoms with Gasteiger partial charge in [0.1, 0.15) is 0 Å². The van der Waals surface area contributed by atoms with Gasteiger partial charge < -0.3 is 4.90 Å². The second-order valence-electron chi connectivity index (χ2n) is 4.48. The first kappa shape index (κ1) is 13.6. The lowest BCUT2D eigenvalue weighted by atomic mass is 10.4. The van der Waals surface area contributed by atoms with E-state index in [0.29, 0.717) is 18.2 Å². The largest absolute Gasteiger partial charge is 0.338 e. The third-order valence-corrected chi connectivity index (χ3v) is 3.67. The fourth-order valence-electron chi connectivity index (χ4n) is 2.08. The van der Waals surface area contributed by atoms with Crippen LogP contribution in [0, 0.1) is 0 Å². The molecule has 0 atom stereocenters. The molecule has 0 saturated heterocycles. The highest BCUT2D eigenvalue weighted by atomic mass is 32.1. The number of rotatable bonds is 5. The fraction of sp³-hybridized carbons (Fsp3) is 0.308. The normalized spacial score (nSPS) is 10.8. The van der Waals surface area contributed by atoms with E-state index in [9.17, 15) is 0 Å². The van der Waals surface area contributed by atoms with E-state index in [1.54, 1.807) is 29.8 Å². The van der Waals surface area contributed by atoms with Crippen LogP contribution in [0.15, 0.2) is 29.4 Å². The number of anilines is 1. The van der Waals surface area contributed by atoms with Crippen LogP contribution in [-0.4, -0.2) is 36.8 Å². The van der Waals surface area contributed by atoms with E-state index >= 15 is 0 Å². The molecule has 0 N–H and O–H groups in total. The van der Waals surface area contributed by atoms with Crippen molar-refractivity contribution < 1.29 is 0 Å². The van der Waals surface area contributed by atoms with E-state index in [4.69, 9.17) is 0 Å². The van der Waals surface area contributed by atoms with E-state index in [-0.39, 0.29) is 0 Å². The molecule has 108 valence electrons. The standard InChI is InChI=1S/C13H15N7S/c1-3-20-12(11-14-5-4-6-15-11)17-18-13(20)19(2)7-10-8-21-9-16-10/h4-6,8-9H,3,7H2,1-2H3. The zero-order chi connectivity index (χ0) is 14.7. The molecule has 0 fully saturated rings. The SMILES string of the molecule is CCn1c(-c2ncccn2)nnc1N(C)Cc1cscn1. The summed E-state index contributed by atoms with van der Waals surface area (Å²) in [6.07, 6.45) is 3.41. The highest BCUT2D eigenvalue weighted by molar-refractivity contribution is 7.07. The Morgan fingerprint density at radius 3 is 2.67 bits per heavy atom. The molecule has 3 heterocycles. The van der Waals surface area contributed by atoms with Crippen molar-refractivity contribution in [1.29, 1.82) is 0 Å². The molecule has 3 aromatic rings. The lowest BCUT2D eigenvalue weighted by molar-refractivity contribution is 0.723. The zero-order valence-electron chi connectivity index (χ0n) is 11.8. The maximum Gasteiger partial charge on any atom is 0.227 e. The van der Waals surface area contributed by atoms with Crippen molar-refractivity contribution in [2.24, 2.45) is 0 Å². The van der Waals surface area contributed by atoms with Gasteiger partial charge in [0.2, 0.25) is 11.8 Å². The highest BCUT2D eigenvalue weighted by Crippen LogP contribution is 2.20. The van der Waals surface area contributed by atoms with Crippen LogP contribution in [0.3, 0.4) is 0 Å². The van der Waals surface area contributed by atoms with Crippen molar-refractivity contribution in [1.82, 2.24) is 29.7 Å². The van der Waals surface area contributed by atoms with Crippen LogP contribution in [0.4, 0.5) is 5.95 Å². The summed E-state index contributed by atoms with van der Waals surface area (Å²) >= 11 is 1.59. The number of hydrogen-bond donors (Lipinski definition) is 0. The van der Waals surface area contributed by atoms with Crippen LogP contribution < -0.4 is 4.90 Å². The van der Waals surface area contributed by atoms with Gasteiger partial charge in [-0.05, 0) is 13.0 Å². The van der Waals surface area contributed by atoms with Crippen LogP contribution in [0.1, 0.15) is 12.6 Å². The number of aromatic nitrogens is 6. The van der Waals surface area contributed by atoms with Gasteiger partial charge in [0.15, 0.2) is 5.82 Å². The lowest BCUT2D eigenvalue weighted by Crippen LogP contribution is -2.21. The van der Waals surface area contributed by atoms with Gasteiger partial charge >= 0.3 is 0 Å². The Kier molecular flexibility index (Phi) is 3.87. The Hall–Kier alpha value is -2.35. The first-order valence-corrected chi connectivity index (χ1v) is 7.52. The summed E-state index contributed by atoms with van der Waals surface area (Å²) in [4.78, 5) is 14.8. The molecule has 0 aliphatic carbocycles. The van der Waals surface area contributed by atoms with Gasteiger partial charge in [0.05, 0.1) is 17.7 Å². The zero-order valence-corrected chi connectivity index (χ0v) is 12.7. The number of thiazole rings is 1. The molecule has 0 aromatic carbocycles. The lowest BCUT2D eigenvalue weighted by Gasteiger charge is -2.17. The maximum absolute atomic E-state index is 4.30. The van der Waals surface area contributed by atoms with Crippen LogP contribution in [0.25, 0.3) is 11.6 Å². The Morgan fingerprint density at radius 1 is 1.19 bits per heavy atom. The van der Waals surface area contributed by atoms with Crippen molar-refractivity contribution in [3.63, 3.8) is 0 Å². The molecule has 7 nitrogen and oxygen atoms in total. The summed E-state index contributed by atoms with van der Waals surface area (Å²) in [5.41, 5.74) is 2.85. The molecule has 0 unspecified atom stereocenters. The van der Waals surface area contributed by atoms with Crippen molar-refractivity contribution >= 4 is 17.3 Å². The summed E-state index contributed by atoms with van der Waals surface area (Å²) in [5, 5.41) is 10.5. The molecule has 0 saturated carbocycles. The summed E-state index contributed by atoms with van der Waals surface area (Å²) in [6.45, 7) is 3.49. The minimum absolute atomic E-state index is 0.583. The van der Waals surface area contributed by atoms with Crippen LogP contribution >= 0.6 is 11.3 Å². The summed E-state index contributed by atoms with van der Waals surface area (Å²) in [7, 11) is 1.98. The van der Waals surface area contributed by atoms with Gasteiger partial charge in [-0.3, -0.25) is 4.57 Å². The third-order valence-electron chi connectivity index (χ3n) is 3.04. The van der Waals surface area contributed by atoms with Gasteiger partial charge in [-0.25, -0.2) is 15.0 Å². The summed E-state index contributed by atoms with van der Waals surface area (Å²) in [5.74, 6) is 2.05. The minimum atomic E-state index is 0.583. The smallest absolute Gasteiger partial charge is 0.227 e. The first-order valence-electron chi connectivity index (χ1n) is 6.58. The topological polar surface area (TPSA) is 72.6 Å². The monoisotopic (exact) mass is 301 g/mol. The van der Waals surface area contributed by atoms with E-state index in [1.165, 1.54) is 0 Å². The van der Waals surface area contributed by atoms with Crippen molar-refractivity contribution in [3.8, 4) is 11.6 Å². The molecule has 3 aromatic heterocycles. The van der Waals surface area contributed by atoms with E-state index in [1.807, 2.05) is 27.4 Å². The predicted molar refractivity (Wildman–Crippen MR) is 80.9 cm³/mol. The summed E-state index contributed by atoms with van der Waals surface area (Å²) < 4.78 is 2.00. The van der Waals surface area contributed by atoms with Crippen LogP contribution in [-0.2, 0) is 13.1 Å². The molecule has 3 rings (SSSR count). The van der Waals surface area contributed by atoms with Gasteiger partial charge in [0.25, 0.3) is 0 Å². The maximum atomic E-state index is 4.30. The Balaban J connectivity index is 1.91. The van der Waals surface area contributed by atoms with E-state index in [2.05, 4.69) is 32.1 Å². The average Bonchev–Trinajstić information content (AvgIpc) is 3.16. The van der Waals surface area contributed by atoms with Gasteiger partial charge in [-0.1, -0.05) is 0 Å². The summed E-state index contributed by atoms with van der Waals surface area (Å²) in [6, 6.07) is 1.78. The van der Waals surface area contributed by atoms with Crippen LogP contribution in [0.2, 0.25) is 0 Å². The molecule has 0 spiro atoms. The molecule has 8 heteroatoms. The highest BCUT2D eigenvalue weighted by Gasteiger charge is 2.17. The molecule has 21 heavy (non-hydrogen) atoms. The molecule has 0 radical (unpaired) electrons. The van der Waals surface area contributed by atoms with Gasteiger partial charge in [-0.15, -0.1) is 21.5 Å². The number of hydrogen-bond acceptors (Lipinski definition) is 7. The Morgan fingerprint density at radius 2 is 2.00 bits per heavy atom.